The fourth-order valence-electron chi connectivity index (χ4n) is 4.35. The van der Waals surface area contributed by atoms with Crippen molar-refractivity contribution < 1.29 is 14.4 Å². The summed E-state index contributed by atoms with van der Waals surface area (Å²) in [6.45, 7) is 3.52. The maximum Gasteiger partial charge on any atom is 0.325 e. The van der Waals surface area contributed by atoms with Crippen molar-refractivity contribution in [1.29, 1.82) is 0 Å². The number of piperidine rings is 1. The zero-order valence-corrected chi connectivity index (χ0v) is 14.4. The van der Waals surface area contributed by atoms with Crippen LogP contribution < -0.4 is 11.1 Å². The van der Waals surface area contributed by atoms with Crippen molar-refractivity contribution in [2.75, 3.05) is 19.6 Å². The SMILES string of the molecule is CC1CCN(C(=O)CCN2C(=O)NC3(CCCC3)C2=O)C(CN)C1. The standard InChI is InChI=1S/C17H28N4O3/c1-12-4-8-20(13(10-12)11-18)14(22)5-9-21-15(23)17(19-16(21)24)6-2-3-7-17/h12-13H,2-11,18H2,1H3,(H,19,24). The minimum atomic E-state index is -0.694. The van der Waals surface area contributed by atoms with Gasteiger partial charge in [-0.2, -0.15) is 0 Å². The Hall–Kier alpha value is -1.63. The number of nitrogens with one attached hydrogen (secondary N) is 1. The van der Waals surface area contributed by atoms with Crippen LogP contribution >= 0.6 is 0 Å². The molecule has 24 heavy (non-hydrogen) atoms. The van der Waals surface area contributed by atoms with Gasteiger partial charge in [-0.25, -0.2) is 4.79 Å². The van der Waals surface area contributed by atoms with E-state index in [9.17, 15) is 14.4 Å². The molecule has 3 fully saturated rings. The number of nitrogens with zero attached hydrogens (tertiary/aromatic N) is 2. The van der Waals surface area contributed by atoms with Crippen molar-refractivity contribution in [2.24, 2.45) is 11.7 Å². The Kier molecular flexibility index (Phi) is 4.80. The van der Waals surface area contributed by atoms with Crippen LogP contribution in [0.15, 0.2) is 0 Å². The highest BCUT2D eigenvalue weighted by Gasteiger charge is 2.52. The topological polar surface area (TPSA) is 95.7 Å². The first-order chi connectivity index (χ1) is 11.5. The fraction of sp³-hybridized carbons (Fsp3) is 0.824. The monoisotopic (exact) mass is 336 g/mol. The predicted molar refractivity (Wildman–Crippen MR) is 89.0 cm³/mol. The summed E-state index contributed by atoms with van der Waals surface area (Å²) in [6, 6.07) is -0.275. The number of likely N-dealkylation sites (tertiary alicyclic amines) is 1. The molecule has 1 spiro atoms. The van der Waals surface area contributed by atoms with Gasteiger partial charge in [-0.3, -0.25) is 14.5 Å². The van der Waals surface area contributed by atoms with Gasteiger partial charge in [-0.05, 0) is 31.6 Å². The molecule has 4 amide bonds. The lowest BCUT2D eigenvalue weighted by Gasteiger charge is -2.38. The molecule has 3 aliphatic rings. The van der Waals surface area contributed by atoms with Crippen molar-refractivity contribution in [3.05, 3.63) is 0 Å². The molecule has 3 N–H and O–H groups in total. The van der Waals surface area contributed by atoms with Gasteiger partial charge < -0.3 is 16.0 Å². The molecule has 0 aromatic carbocycles. The van der Waals surface area contributed by atoms with Crippen LogP contribution in [0.25, 0.3) is 0 Å². The summed E-state index contributed by atoms with van der Waals surface area (Å²) in [5.41, 5.74) is 5.12. The minimum Gasteiger partial charge on any atom is -0.338 e. The van der Waals surface area contributed by atoms with E-state index in [2.05, 4.69) is 12.2 Å². The summed E-state index contributed by atoms with van der Waals surface area (Å²) in [4.78, 5) is 40.4. The third-order valence-corrected chi connectivity index (χ3v) is 5.82. The molecule has 0 bridgehead atoms. The number of rotatable bonds is 4. The summed E-state index contributed by atoms with van der Waals surface area (Å²) < 4.78 is 0. The van der Waals surface area contributed by atoms with E-state index in [1.165, 1.54) is 4.90 Å². The van der Waals surface area contributed by atoms with E-state index >= 15 is 0 Å². The lowest BCUT2D eigenvalue weighted by Crippen LogP contribution is -2.50. The molecule has 3 rings (SSSR count). The molecule has 0 aromatic rings. The normalized spacial score (nSPS) is 29.4. The first-order valence-electron chi connectivity index (χ1n) is 9.10. The first kappa shape index (κ1) is 17.2. The Morgan fingerprint density at radius 1 is 1.33 bits per heavy atom. The highest BCUT2D eigenvalue weighted by atomic mass is 16.2. The van der Waals surface area contributed by atoms with Crippen LogP contribution in [0.2, 0.25) is 0 Å². The molecule has 1 aliphatic carbocycles. The van der Waals surface area contributed by atoms with Gasteiger partial charge in [0.05, 0.1) is 0 Å². The second kappa shape index (κ2) is 6.70. The number of carbonyl (C=O) groups is 3. The van der Waals surface area contributed by atoms with Gasteiger partial charge in [-0.15, -0.1) is 0 Å². The molecule has 1 saturated carbocycles. The summed E-state index contributed by atoms with van der Waals surface area (Å²) in [5.74, 6) is 0.418. The smallest absolute Gasteiger partial charge is 0.325 e. The summed E-state index contributed by atoms with van der Waals surface area (Å²) >= 11 is 0. The number of amides is 4. The van der Waals surface area contributed by atoms with Gasteiger partial charge >= 0.3 is 6.03 Å². The third-order valence-electron chi connectivity index (χ3n) is 5.82. The minimum absolute atomic E-state index is 0.00896. The molecule has 2 aliphatic heterocycles. The summed E-state index contributed by atoms with van der Waals surface area (Å²) in [6.07, 6.45) is 5.43. The van der Waals surface area contributed by atoms with Crippen LogP contribution in [0.1, 0.15) is 51.9 Å². The van der Waals surface area contributed by atoms with Crippen LogP contribution in [0.3, 0.4) is 0 Å². The van der Waals surface area contributed by atoms with Gasteiger partial charge in [0, 0.05) is 32.1 Å². The van der Waals surface area contributed by atoms with Gasteiger partial charge in [0.2, 0.25) is 5.91 Å². The molecular formula is C17H28N4O3. The highest BCUT2D eigenvalue weighted by molar-refractivity contribution is 6.07. The van der Waals surface area contributed by atoms with E-state index in [1.54, 1.807) is 0 Å². The Balaban J connectivity index is 1.58. The molecule has 2 atom stereocenters. The van der Waals surface area contributed by atoms with Crippen LogP contribution in [0, 0.1) is 5.92 Å². The van der Waals surface area contributed by atoms with E-state index in [-0.39, 0.29) is 36.9 Å². The molecule has 0 aromatic heterocycles. The van der Waals surface area contributed by atoms with Crippen molar-refractivity contribution in [1.82, 2.24) is 15.1 Å². The molecule has 7 nitrogen and oxygen atoms in total. The highest BCUT2D eigenvalue weighted by Crippen LogP contribution is 2.35. The Morgan fingerprint density at radius 3 is 2.71 bits per heavy atom. The Bertz CT molecular complexity index is 530. The van der Waals surface area contributed by atoms with E-state index in [4.69, 9.17) is 5.73 Å². The lowest BCUT2D eigenvalue weighted by molar-refractivity contribution is -0.136. The molecule has 2 saturated heterocycles. The largest absolute Gasteiger partial charge is 0.338 e. The number of urea groups is 1. The second-order valence-electron chi connectivity index (χ2n) is 7.53. The Labute approximate surface area is 142 Å². The van der Waals surface area contributed by atoms with E-state index in [0.29, 0.717) is 31.8 Å². The van der Waals surface area contributed by atoms with Crippen LogP contribution in [0.4, 0.5) is 4.79 Å². The Morgan fingerprint density at radius 2 is 2.04 bits per heavy atom. The van der Waals surface area contributed by atoms with E-state index in [0.717, 1.165) is 25.7 Å². The average Bonchev–Trinajstić information content (AvgIpc) is 3.12. The van der Waals surface area contributed by atoms with Crippen LogP contribution in [-0.2, 0) is 9.59 Å². The van der Waals surface area contributed by atoms with Crippen LogP contribution in [-0.4, -0.2) is 58.9 Å². The van der Waals surface area contributed by atoms with Crippen molar-refractivity contribution >= 4 is 17.8 Å². The number of imide groups is 1. The van der Waals surface area contributed by atoms with Crippen molar-refractivity contribution in [2.45, 2.75) is 63.5 Å². The van der Waals surface area contributed by atoms with Crippen molar-refractivity contribution in [3.8, 4) is 0 Å². The number of hydrogen-bond acceptors (Lipinski definition) is 4. The summed E-state index contributed by atoms with van der Waals surface area (Å²) in [5, 5.41) is 2.85. The number of nitrogens with two attached hydrogens (primary N) is 1. The van der Waals surface area contributed by atoms with Crippen molar-refractivity contribution in [3.63, 3.8) is 0 Å². The summed E-state index contributed by atoms with van der Waals surface area (Å²) in [7, 11) is 0. The molecule has 7 heteroatoms. The second-order valence-corrected chi connectivity index (χ2v) is 7.53. The first-order valence-corrected chi connectivity index (χ1v) is 9.10. The third kappa shape index (κ3) is 3.01. The van der Waals surface area contributed by atoms with Gasteiger partial charge in [-0.1, -0.05) is 19.8 Å². The molecule has 0 radical (unpaired) electrons. The number of carbonyl (C=O) groups excluding carboxylic acids is 3. The van der Waals surface area contributed by atoms with Crippen LogP contribution in [0.5, 0.6) is 0 Å². The quantitative estimate of drug-likeness (QED) is 0.743. The lowest BCUT2D eigenvalue weighted by atomic mass is 9.92. The molecule has 2 unspecified atom stereocenters. The molecule has 2 heterocycles. The maximum atomic E-state index is 12.6. The number of hydrogen-bond donors (Lipinski definition) is 2. The van der Waals surface area contributed by atoms with E-state index < -0.39 is 5.54 Å². The fourth-order valence-corrected chi connectivity index (χ4v) is 4.35. The predicted octanol–water partition coefficient (Wildman–Crippen LogP) is 0.827. The average molecular weight is 336 g/mol. The van der Waals surface area contributed by atoms with Gasteiger partial charge in [0.1, 0.15) is 5.54 Å². The molecular weight excluding hydrogens is 308 g/mol. The van der Waals surface area contributed by atoms with Gasteiger partial charge in [0.15, 0.2) is 0 Å². The molecule has 134 valence electrons. The zero-order valence-electron chi connectivity index (χ0n) is 14.4. The van der Waals surface area contributed by atoms with Gasteiger partial charge in [0.25, 0.3) is 5.91 Å². The zero-order chi connectivity index (χ0) is 17.3. The maximum absolute atomic E-state index is 12.6. The van der Waals surface area contributed by atoms with E-state index in [1.807, 2.05) is 4.90 Å².